The topological polar surface area (TPSA) is 69.6 Å². The Kier molecular flexibility index (Phi) is 3.74. The van der Waals surface area contributed by atoms with Gasteiger partial charge in [-0.2, -0.15) is 0 Å². The van der Waals surface area contributed by atoms with E-state index in [4.69, 9.17) is 5.73 Å². The van der Waals surface area contributed by atoms with Gasteiger partial charge in [0, 0.05) is 11.3 Å². The Morgan fingerprint density at radius 3 is 2.65 bits per heavy atom. The van der Waals surface area contributed by atoms with Gasteiger partial charge in [-0.3, -0.25) is 0 Å². The number of anilines is 1. The monoisotopic (exact) mass is 277 g/mol. The molecule has 0 bridgehead atoms. The summed E-state index contributed by atoms with van der Waals surface area (Å²) in [7, 11) is 0. The summed E-state index contributed by atoms with van der Waals surface area (Å²) < 4.78 is 14.9. The van der Waals surface area contributed by atoms with Crippen molar-refractivity contribution < 1.29 is 4.39 Å². The van der Waals surface area contributed by atoms with Crippen LogP contribution in [-0.4, -0.2) is 20.2 Å². The highest BCUT2D eigenvalue weighted by Crippen LogP contribution is 2.30. The fourth-order valence-electron chi connectivity index (χ4n) is 1.81. The third-order valence-corrected chi connectivity index (χ3v) is 3.91. The number of hydrogen-bond acceptors (Lipinski definition) is 4. The second-order valence-electron chi connectivity index (χ2n) is 6.03. The fourth-order valence-corrected chi connectivity index (χ4v) is 1.81. The number of rotatable bonds is 4. The van der Waals surface area contributed by atoms with E-state index in [1.54, 1.807) is 10.7 Å². The van der Waals surface area contributed by atoms with Crippen LogP contribution >= 0.6 is 0 Å². The van der Waals surface area contributed by atoms with Crippen molar-refractivity contribution in [1.29, 1.82) is 0 Å². The van der Waals surface area contributed by atoms with E-state index >= 15 is 0 Å². The standard InChI is InChI=1S/C14H20FN5/c1-9(2)14(3,4)8-20-13(17-18-19-20)11-6-5-10(15)7-12(11)16/h5-7,9H,8,16H2,1-4H3. The molecular weight excluding hydrogens is 257 g/mol. The summed E-state index contributed by atoms with van der Waals surface area (Å²) in [5.41, 5.74) is 6.88. The van der Waals surface area contributed by atoms with E-state index in [1.165, 1.54) is 12.1 Å². The largest absolute Gasteiger partial charge is 0.398 e. The van der Waals surface area contributed by atoms with Crippen LogP contribution in [0.5, 0.6) is 0 Å². The normalized spacial score (nSPS) is 12.1. The maximum absolute atomic E-state index is 13.1. The lowest BCUT2D eigenvalue weighted by Gasteiger charge is -2.29. The number of benzene rings is 1. The smallest absolute Gasteiger partial charge is 0.184 e. The molecule has 0 atom stereocenters. The van der Waals surface area contributed by atoms with Gasteiger partial charge in [0.25, 0.3) is 0 Å². The van der Waals surface area contributed by atoms with Gasteiger partial charge in [-0.05, 0) is 40.0 Å². The van der Waals surface area contributed by atoms with E-state index in [0.29, 0.717) is 29.5 Å². The Labute approximate surface area is 118 Å². The fraction of sp³-hybridized carbons (Fsp3) is 0.500. The Hall–Kier alpha value is -1.98. The van der Waals surface area contributed by atoms with Crippen LogP contribution in [0.4, 0.5) is 10.1 Å². The molecule has 0 aliphatic rings. The maximum atomic E-state index is 13.1. The summed E-state index contributed by atoms with van der Waals surface area (Å²) in [6, 6.07) is 4.25. The van der Waals surface area contributed by atoms with Crippen molar-refractivity contribution in [2.24, 2.45) is 11.3 Å². The van der Waals surface area contributed by atoms with Crippen LogP contribution in [0.1, 0.15) is 27.7 Å². The summed E-state index contributed by atoms with van der Waals surface area (Å²) in [6.07, 6.45) is 0. The third-order valence-electron chi connectivity index (χ3n) is 3.91. The molecular formula is C14H20FN5. The van der Waals surface area contributed by atoms with Gasteiger partial charge in [-0.1, -0.05) is 27.7 Å². The molecule has 0 aliphatic carbocycles. The van der Waals surface area contributed by atoms with Crippen molar-refractivity contribution in [3.63, 3.8) is 0 Å². The van der Waals surface area contributed by atoms with Crippen molar-refractivity contribution >= 4 is 5.69 Å². The minimum absolute atomic E-state index is 0.0406. The van der Waals surface area contributed by atoms with Crippen LogP contribution in [-0.2, 0) is 6.54 Å². The SMILES string of the molecule is CC(C)C(C)(C)Cn1nnnc1-c1ccc(F)cc1N. The average Bonchev–Trinajstić information content (AvgIpc) is 2.76. The van der Waals surface area contributed by atoms with Crippen molar-refractivity contribution in [1.82, 2.24) is 20.2 Å². The summed E-state index contributed by atoms with van der Waals surface area (Å²) in [5.74, 6) is 0.675. The number of aromatic nitrogens is 4. The van der Waals surface area contributed by atoms with Gasteiger partial charge in [-0.25, -0.2) is 9.07 Å². The molecule has 0 fully saturated rings. The first kappa shape index (κ1) is 14.4. The molecule has 0 saturated carbocycles. The summed E-state index contributed by atoms with van der Waals surface area (Å²) in [4.78, 5) is 0. The van der Waals surface area contributed by atoms with E-state index in [-0.39, 0.29) is 11.2 Å². The van der Waals surface area contributed by atoms with Crippen molar-refractivity contribution in [3.8, 4) is 11.4 Å². The second-order valence-corrected chi connectivity index (χ2v) is 6.03. The molecule has 1 aromatic heterocycles. The number of nitrogen functional groups attached to an aromatic ring is 1. The molecule has 108 valence electrons. The van der Waals surface area contributed by atoms with E-state index < -0.39 is 0 Å². The molecule has 2 N–H and O–H groups in total. The molecule has 20 heavy (non-hydrogen) atoms. The number of nitrogens with zero attached hydrogens (tertiary/aromatic N) is 4. The van der Waals surface area contributed by atoms with Crippen LogP contribution < -0.4 is 5.73 Å². The first-order valence-electron chi connectivity index (χ1n) is 6.63. The predicted molar refractivity (Wildman–Crippen MR) is 76.2 cm³/mol. The molecule has 5 nitrogen and oxygen atoms in total. The highest BCUT2D eigenvalue weighted by Gasteiger charge is 2.25. The van der Waals surface area contributed by atoms with Gasteiger partial charge < -0.3 is 5.73 Å². The predicted octanol–water partition coefficient (Wildman–Crippen LogP) is 2.74. The highest BCUT2D eigenvalue weighted by molar-refractivity contribution is 5.71. The van der Waals surface area contributed by atoms with E-state index in [1.807, 2.05) is 0 Å². The van der Waals surface area contributed by atoms with Gasteiger partial charge in [0.1, 0.15) is 5.82 Å². The quantitative estimate of drug-likeness (QED) is 0.872. The minimum atomic E-state index is -0.368. The molecule has 1 aromatic carbocycles. The Morgan fingerprint density at radius 2 is 2.05 bits per heavy atom. The molecule has 0 radical (unpaired) electrons. The molecule has 0 aliphatic heterocycles. The second kappa shape index (κ2) is 5.19. The Morgan fingerprint density at radius 1 is 1.35 bits per heavy atom. The van der Waals surface area contributed by atoms with Crippen LogP contribution in [0.3, 0.4) is 0 Å². The number of nitrogens with two attached hydrogens (primary N) is 1. The van der Waals surface area contributed by atoms with Crippen LogP contribution in [0, 0.1) is 17.2 Å². The van der Waals surface area contributed by atoms with Crippen LogP contribution in [0.2, 0.25) is 0 Å². The number of halogens is 1. The number of tetrazole rings is 1. The van der Waals surface area contributed by atoms with E-state index in [2.05, 4.69) is 43.2 Å². The van der Waals surface area contributed by atoms with Crippen molar-refractivity contribution in [2.75, 3.05) is 5.73 Å². The lowest BCUT2D eigenvalue weighted by atomic mass is 9.81. The molecule has 0 saturated heterocycles. The van der Waals surface area contributed by atoms with E-state index in [0.717, 1.165) is 0 Å². The summed E-state index contributed by atoms with van der Waals surface area (Å²) >= 11 is 0. The zero-order valence-electron chi connectivity index (χ0n) is 12.3. The lowest BCUT2D eigenvalue weighted by Crippen LogP contribution is -2.26. The number of hydrogen-bond donors (Lipinski definition) is 1. The zero-order chi connectivity index (χ0) is 14.9. The van der Waals surface area contributed by atoms with E-state index in [9.17, 15) is 4.39 Å². The third kappa shape index (κ3) is 2.79. The van der Waals surface area contributed by atoms with Gasteiger partial charge in [0.2, 0.25) is 0 Å². The summed E-state index contributed by atoms with van der Waals surface area (Å²) in [6.45, 7) is 9.32. The van der Waals surface area contributed by atoms with Gasteiger partial charge in [0.15, 0.2) is 5.82 Å². The first-order chi connectivity index (χ1) is 9.31. The highest BCUT2D eigenvalue weighted by atomic mass is 19.1. The molecule has 6 heteroatoms. The zero-order valence-corrected chi connectivity index (χ0v) is 12.3. The molecule has 0 amide bonds. The molecule has 1 heterocycles. The van der Waals surface area contributed by atoms with Crippen LogP contribution in [0.25, 0.3) is 11.4 Å². The molecule has 0 unspecified atom stereocenters. The molecule has 2 aromatic rings. The lowest BCUT2D eigenvalue weighted by molar-refractivity contribution is 0.200. The molecule has 0 spiro atoms. The van der Waals surface area contributed by atoms with Gasteiger partial charge in [0.05, 0.1) is 6.54 Å². The first-order valence-corrected chi connectivity index (χ1v) is 6.63. The maximum Gasteiger partial charge on any atom is 0.184 e. The average molecular weight is 277 g/mol. The molecule has 2 rings (SSSR count). The minimum Gasteiger partial charge on any atom is -0.398 e. The van der Waals surface area contributed by atoms with Crippen LogP contribution in [0.15, 0.2) is 18.2 Å². The van der Waals surface area contributed by atoms with Gasteiger partial charge in [-0.15, -0.1) is 5.10 Å². The van der Waals surface area contributed by atoms with Crippen molar-refractivity contribution in [2.45, 2.75) is 34.2 Å². The Bertz CT molecular complexity index is 603. The summed E-state index contributed by atoms with van der Waals surface area (Å²) in [5, 5.41) is 11.8. The van der Waals surface area contributed by atoms with Crippen molar-refractivity contribution in [3.05, 3.63) is 24.0 Å². The van der Waals surface area contributed by atoms with Gasteiger partial charge >= 0.3 is 0 Å². The Balaban J connectivity index is 2.38.